The fraction of sp³-hybridized carbons (Fsp3) is 0.455. The molecule has 136 valence electrons. The minimum absolute atomic E-state index is 0.650. The Morgan fingerprint density at radius 2 is 2.00 bits per heavy atom. The maximum atomic E-state index is 4.55. The number of rotatable bonds is 5. The summed E-state index contributed by atoms with van der Waals surface area (Å²) in [5.41, 5.74) is 3.93. The van der Waals surface area contributed by atoms with Gasteiger partial charge in [-0.3, -0.25) is 9.88 Å². The van der Waals surface area contributed by atoms with E-state index in [9.17, 15) is 0 Å². The topological polar surface area (TPSA) is 34.0 Å². The second-order valence-electron chi connectivity index (χ2n) is 7.51. The van der Waals surface area contributed by atoms with Crippen LogP contribution in [0.15, 0.2) is 42.9 Å². The summed E-state index contributed by atoms with van der Waals surface area (Å²) in [6.07, 6.45) is 11.0. The van der Waals surface area contributed by atoms with E-state index in [1.54, 1.807) is 0 Å². The van der Waals surface area contributed by atoms with E-state index >= 15 is 0 Å². The first-order valence-corrected chi connectivity index (χ1v) is 9.77. The van der Waals surface area contributed by atoms with Crippen LogP contribution in [0.5, 0.6) is 0 Å². The minimum Gasteiger partial charge on any atom is -0.335 e. The fourth-order valence-electron chi connectivity index (χ4n) is 4.26. The molecule has 4 heteroatoms. The van der Waals surface area contributed by atoms with Gasteiger partial charge in [0.1, 0.15) is 5.82 Å². The van der Waals surface area contributed by atoms with E-state index in [0.29, 0.717) is 6.04 Å². The summed E-state index contributed by atoms with van der Waals surface area (Å²) in [5, 5.41) is 1.31. The molecule has 1 aliphatic heterocycles. The van der Waals surface area contributed by atoms with Crippen molar-refractivity contribution in [2.45, 2.75) is 58.7 Å². The molecule has 1 unspecified atom stereocenters. The van der Waals surface area contributed by atoms with Gasteiger partial charge in [-0.25, -0.2) is 4.98 Å². The van der Waals surface area contributed by atoms with Crippen molar-refractivity contribution in [2.75, 3.05) is 6.54 Å². The highest BCUT2D eigenvalue weighted by atomic mass is 15.2. The lowest BCUT2D eigenvalue weighted by Gasteiger charge is -2.36. The molecule has 1 aliphatic rings. The van der Waals surface area contributed by atoms with Crippen LogP contribution in [-0.4, -0.2) is 32.0 Å². The van der Waals surface area contributed by atoms with Crippen molar-refractivity contribution >= 4 is 10.9 Å². The van der Waals surface area contributed by atoms with E-state index < -0.39 is 0 Å². The molecular weight excluding hydrogens is 320 g/mol. The van der Waals surface area contributed by atoms with Crippen molar-refractivity contribution in [1.29, 1.82) is 0 Å². The number of benzene rings is 1. The number of likely N-dealkylation sites (tertiary alicyclic amines) is 1. The molecule has 0 N–H and O–H groups in total. The predicted octanol–water partition coefficient (Wildman–Crippen LogP) is 4.49. The molecule has 0 spiro atoms. The maximum absolute atomic E-state index is 4.55. The monoisotopic (exact) mass is 348 g/mol. The summed E-state index contributed by atoms with van der Waals surface area (Å²) >= 11 is 0. The Labute approximate surface area is 155 Å². The molecule has 1 fully saturated rings. The van der Waals surface area contributed by atoms with E-state index in [1.807, 2.05) is 12.4 Å². The van der Waals surface area contributed by atoms with E-state index in [-0.39, 0.29) is 0 Å². The van der Waals surface area contributed by atoms with E-state index in [0.717, 1.165) is 24.4 Å². The molecule has 3 aromatic rings. The first kappa shape index (κ1) is 17.2. The first-order valence-electron chi connectivity index (χ1n) is 9.77. The number of pyridine rings is 1. The Morgan fingerprint density at radius 1 is 1.08 bits per heavy atom. The van der Waals surface area contributed by atoms with Crippen molar-refractivity contribution in [1.82, 2.24) is 19.4 Å². The van der Waals surface area contributed by atoms with Crippen LogP contribution in [0.4, 0.5) is 0 Å². The number of piperidine rings is 1. The number of hydrogen-bond donors (Lipinski definition) is 0. The van der Waals surface area contributed by atoms with Crippen LogP contribution < -0.4 is 0 Å². The van der Waals surface area contributed by atoms with E-state index in [1.165, 1.54) is 48.7 Å². The van der Waals surface area contributed by atoms with Gasteiger partial charge in [0.15, 0.2) is 0 Å². The number of fused-ring (bicyclic) bond motifs is 1. The number of imidazole rings is 1. The molecule has 1 saturated heterocycles. The predicted molar refractivity (Wildman–Crippen MR) is 106 cm³/mol. The van der Waals surface area contributed by atoms with Crippen molar-refractivity contribution in [3.63, 3.8) is 0 Å². The SMILES string of the molecule is Cc1ccc2ncccc2c1CN1CCCCC1CCn1ccnc1C. The third-order valence-corrected chi connectivity index (χ3v) is 5.87. The third-order valence-electron chi connectivity index (χ3n) is 5.87. The highest BCUT2D eigenvalue weighted by Crippen LogP contribution is 2.27. The number of hydrogen-bond acceptors (Lipinski definition) is 3. The Hall–Kier alpha value is -2.20. The van der Waals surface area contributed by atoms with Gasteiger partial charge in [-0.1, -0.05) is 18.6 Å². The van der Waals surface area contributed by atoms with Crippen molar-refractivity contribution in [3.05, 3.63) is 59.8 Å². The molecular formula is C22H28N4. The van der Waals surface area contributed by atoms with Gasteiger partial charge in [0.2, 0.25) is 0 Å². The van der Waals surface area contributed by atoms with Gasteiger partial charge in [0.25, 0.3) is 0 Å². The summed E-state index contributed by atoms with van der Waals surface area (Å²) in [6, 6.07) is 9.29. The van der Waals surface area contributed by atoms with Gasteiger partial charge in [-0.15, -0.1) is 0 Å². The van der Waals surface area contributed by atoms with Crippen LogP contribution in [0, 0.1) is 13.8 Å². The Morgan fingerprint density at radius 3 is 2.85 bits per heavy atom. The van der Waals surface area contributed by atoms with E-state index in [4.69, 9.17) is 0 Å². The van der Waals surface area contributed by atoms with Crippen LogP contribution in [-0.2, 0) is 13.1 Å². The van der Waals surface area contributed by atoms with Crippen LogP contribution >= 0.6 is 0 Å². The van der Waals surface area contributed by atoms with E-state index in [2.05, 4.69) is 63.7 Å². The lowest BCUT2D eigenvalue weighted by molar-refractivity contribution is 0.128. The Balaban J connectivity index is 1.54. The molecule has 26 heavy (non-hydrogen) atoms. The lowest BCUT2D eigenvalue weighted by Crippen LogP contribution is -2.39. The van der Waals surface area contributed by atoms with Gasteiger partial charge in [0, 0.05) is 43.1 Å². The zero-order chi connectivity index (χ0) is 17.9. The number of aromatic nitrogens is 3. The smallest absolute Gasteiger partial charge is 0.105 e. The molecule has 4 rings (SSSR count). The van der Waals surface area contributed by atoms with Gasteiger partial charge < -0.3 is 4.57 Å². The number of aryl methyl sites for hydroxylation is 3. The summed E-state index contributed by atoms with van der Waals surface area (Å²) < 4.78 is 2.28. The molecule has 1 atom stereocenters. The molecule has 0 aliphatic carbocycles. The van der Waals surface area contributed by atoms with Gasteiger partial charge >= 0.3 is 0 Å². The summed E-state index contributed by atoms with van der Waals surface area (Å²) in [6.45, 7) is 7.61. The summed E-state index contributed by atoms with van der Waals surface area (Å²) in [5.74, 6) is 1.11. The summed E-state index contributed by atoms with van der Waals surface area (Å²) in [4.78, 5) is 11.6. The molecule has 0 amide bonds. The van der Waals surface area contributed by atoms with Gasteiger partial charge in [-0.05, 0) is 62.9 Å². The highest BCUT2D eigenvalue weighted by molar-refractivity contribution is 5.83. The zero-order valence-corrected chi connectivity index (χ0v) is 15.9. The van der Waals surface area contributed by atoms with Crippen molar-refractivity contribution < 1.29 is 0 Å². The van der Waals surface area contributed by atoms with Crippen molar-refractivity contribution in [2.24, 2.45) is 0 Å². The molecule has 1 aromatic carbocycles. The zero-order valence-electron chi connectivity index (χ0n) is 15.9. The average Bonchev–Trinajstić information content (AvgIpc) is 3.08. The average molecular weight is 348 g/mol. The normalized spacial score (nSPS) is 18.5. The fourth-order valence-corrected chi connectivity index (χ4v) is 4.26. The molecule has 0 bridgehead atoms. The standard InChI is InChI=1S/C22H28N4/c1-17-8-9-22-20(7-5-11-24-22)21(17)16-26-13-4-3-6-19(26)10-14-25-15-12-23-18(25)2/h5,7-9,11-12,15,19H,3-4,6,10,13-14,16H2,1-2H3. The highest BCUT2D eigenvalue weighted by Gasteiger charge is 2.23. The van der Waals surface area contributed by atoms with Crippen LogP contribution in [0.3, 0.4) is 0 Å². The minimum atomic E-state index is 0.650. The molecule has 0 saturated carbocycles. The largest absolute Gasteiger partial charge is 0.335 e. The van der Waals surface area contributed by atoms with Crippen LogP contribution in [0.2, 0.25) is 0 Å². The molecule has 3 heterocycles. The first-order chi connectivity index (χ1) is 12.7. The molecule has 0 radical (unpaired) electrons. The second kappa shape index (κ2) is 7.58. The van der Waals surface area contributed by atoms with Crippen LogP contribution in [0.25, 0.3) is 10.9 Å². The quantitative estimate of drug-likeness (QED) is 0.681. The molecule has 4 nitrogen and oxygen atoms in total. The molecule has 2 aromatic heterocycles. The number of nitrogens with zero attached hydrogens (tertiary/aromatic N) is 4. The van der Waals surface area contributed by atoms with Gasteiger partial charge in [-0.2, -0.15) is 0 Å². The van der Waals surface area contributed by atoms with Crippen molar-refractivity contribution in [3.8, 4) is 0 Å². The second-order valence-corrected chi connectivity index (χ2v) is 7.51. The maximum Gasteiger partial charge on any atom is 0.105 e. The Bertz CT molecular complexity index is 883. The van der Waals surface area contributed by atoms with Gasteiger partial charge in [0.05, 0.1) is 5.52 Å². The van der Waals surface area contributed by atoms with Crippen LogP contribution in [0.1, 0.15) is 42.6 Å². The lowest BCUT2D eigenvalue weighted by atomic mass is 9.96. The summed E-state index contributed by atoms with van der Waals surface area (Å²) in [7, 11) is 0. The Kier molecular flexibility index (Phi) is 5.02. The third kappa shape index (κ3) is 3.51.